The number of aliphatic imine (C=N–C) groups is 1. The molecule has 2 heterocycles. The fourth-order valence-corrected chi connectivity index (χ4v) is 0.961. The van der Waals surface area contributed by atoms with Crippen LogP contribution in [0.5, 0.6) is 0 Å². The minimum atomic E-state index is -0.177. The lowest BCUT2D eigenvalue weighted by Gasteiger charge is -2.07. The van der Waals surface area contributed by atoms with Crippen LogP contribution in [0.3, 0.4) is 0 Å². The highest BCUT2D eigenvalue weighted by Crippen LogP contribution is 2.19. The first kappa shape index (κ1) is 7.27. The number of aromatic nitrogens is 2. The third-order valence-corrected chi connectivity index (χ3v) is 1.51. The molecule has 0 radical (unpaired) electrons. The zero-order valence-electron chi connectivity index (χ0n) is 6.94. The molecule has 0 spiro atoms. The van der Waals surface area contributed by atoms with Crippen molar-refractivity contribution in [1.29, 1.82) is 0 Å². The molecule has 1 aliphatic rings. The maximum absolute atomic E-state index is 5.27. The summed E-state index contributed by atoms with van der Waals surface area (Å²) in [4.78, 5) is 8.09. The third-order valence-electron chi connectivity index (χ3n) is 1.51. The smallest absolute Gasteiger partial charge is 0.312 e. The highest BCUT2D eigenvalue weighted by atomic mass is 16.5. The van der Waals surface area contributed by atoms with E-state index < -0.39 is 0 Å². The average molecular weight is 167 g/mol. The molecular formula is C7H9N3O2. The molecule has 1 aromatic rings. The number of rotatable bonds is 1. The van der Waals surface area contributed by atoms with E-state index in [4.69, 9.17) is 9.26 Å². The molecule has 0 aromatic carbocycles. The molecule has 12 heavy (non-hydrogen) atoms. The van der Waals surface area contributed by atoms with Crippen molar-refractivity contribution in [2.75, 3.05) is 6.61 Å². The molecule has 0 aliphatic carbocycles. The Labute approximate surface area is 69.4 Å². The van der Waals surface area contributed by atoms with Gasteiger partial charge in [-0.15, -0.1) is 0 Å². The SMILES string of the molecule is CC1(C)COC(c2ncno2)=N1. The van der Waals surface area contributed by atoms with Crippen molar-refractivity contribution in [3.63, 3.8) is 0 Å². The lowest BCUT2D eigenvalue weighted by atomic mass is 10.1. The second-order valence-corrected chi connectivity index (χ2v) is 3.26. The molecule has 0 unspecified atom stereocenters. The van der Waals surface area contributed by atoms with Gasteiger partial charge in [0.25, 0.3) is 5.90 Å². The largest absolute Gasteiger partial charge is 0.471 e. The Kier molecular flexibility index (Phi) is 1.39. The summed E-state index contributed by atoms with van der Waals surface area (Å²) >= 11 is 0. The van der Waals surface area contributed by atoms with Crippen molar-refractivity contribution in [2.24, 2.45) is 4.99 Å². The molecule has 0 amide bonds. The maximum atomic E-state index is 5.27. The first-order valence-electron chi connectivity index (χ1n) is 3.67. The van der Waals surface area contributed by atoms with Crippen molar-refractivity contribution < 1.29 is 9.26 Å². The molecule has 0 saturated heterocycles. The second-order valence-electron chi connectivity index (χ2n) is 3.26. The van der Waals surface area contributed by atoms with E-state index in [-0.39, 0.29) is 5.54 Å². The van der Waals surface area contributed by atoms with Crippen LogP contribution in [0, 0.1) is 0 Å². The van der Waals surface area contributed by atoms with Gasteiger partial charge in [-0.1, -0.05) is 5.16 Å². The summed E-state index contributed by atoms with van der Waals surface area (Å²) in [5, 5.41) is 3.47. The molecule has 0 atom stereocenters. The van der Waals surface area contributed by atoms with E-state index in [1.165, 1.54) is 6.33 Å². The van der Waals surface area contributed by atoms with Crippen LogP contribution in [-0.2, 0) is 4.74 Å². The monoisotopic (exact) mass is 167 g/mol. The summed E-state index contributed by atoms with van der Waals surface area (Å²) in [6, 6.07) is 0. The molecule has 1 aromatic heterocycles. The highest BCUT2D eigenvalue weighted by molar-refractivity contribution is 5.90. The third kappa shape index (κ3) is 1.17. The number of hydrogen-bond acceptors (Lipinski definition) is 5. The maximum Gasteiger partial charge on any atom is 0.312 e. The standard InChI is InChI=1S/C7H9N3O2/c1-7(2)3-11-6(10-7)5-8-4-9-12-5/h4H,3H2,1-2H3. The van der Waals surface area contributed by atoms with Crippen LogP contribution in [0.25, 0.3) is 0 Å². The van der Waals surface area contributed by atoms with Crippen molar-refractivity contribution in [2.45, 2.75) is 19.4 Å². The molecule has 0 fully saturated rings. The zero-order valence-corrected chi connectivity index (χ0v) is 6.94. The van der Waals surface area contributed by atoms with E-state index in [0.717, 1.165) is 0 Å². The predicted molar refractivity (Wildman–Crippen MR) is 40.9 cm³/mol. The van der Waals surface area contributed by atoms with Gasteiger partial charge in [0.1, 0.15) is 6.61 Å². The van der Waals surface area contributed by atoms with Gasteiger partial charge in [-0.3, -0.25) is 0 Å². The summed E-state index contributed by atoms with van der Waals surface area (Å²) in [6.45, 7) is 4.53. The lowest BCUT2D eigenvalue weighted by molar-refractivity contribution is 0.271. The minimum Gasteiger partial charge on any atom is -0.471 e. The van der Waals surface area contributed by atoms with Crippen LogP contribution in [0.2, 0.25) is 0 Å². The van der Waals surface area contributed by atoms with Crippen LogP contribution >= 0.6 is 0 Å². The van der Waals surface area contributed by atoms with Gasteiger partial charge in [-0.05, 0) is 13.8 Å². The Balaban J connectivity index is 2.28. The number of nitrogens with zero attached hydrogens (tertiary/aromatic N) is 3. The lowest BCUT2D eigenvalue weighted by Crippen LogP contribution is -2.17. The van der Waals surface area contributed by atoms with Crippen LogP contribution in [0.4, 0.5) is 0 Å². The summed E-state index contributed by atoms with van der Waals surface area (Å²) < 4.78 is 10.1. The number of ether oxygens (including phenoxy) is 1. The zero-order chi connectivity index (χ0) is 8.60. The van der Waals surface area contributed by atoms with Crippen molar-refractivity contribution >= 4 is 5.90 Å². The van der Waals surface area contributed by atoms with Crippen LogP contribution in [0.15, 0.2) is 15.8 Å². The van der Waals surface area contributed by atoms with E-state index in [1.54, 1.807) is 0 Å². The molecule has 2 rings (SSSR count). The van der Waals surface area contributed by atoms with Gasteiger partial charge in [-0.25, -0.2) is 4.99 Å². The summed E-state index contributed by atoms with van der Waals surface area (Å²) in [5.41, 5.74) is -0.177. The molecular weight excluding hydrogens is 158 g/mol. The molecule has 5 nitrogen and oxygen atoms in total. The molecule has 0 saturated carbocycles. The van der Waals surface area contributed by atoms with Gasteiger partial charge in [0.15, 0.2) is 6.33 Å². The van der Waals surface area contributed by atoms with Crippen molar-refractivity contribution in [3.8, 4) is 0 Å². The minimum absolute atomic E-state index is 0.177. The normalized spacial score (nSPS) is 20.3. The van der Waals surface area contributed by atoms with Gasteiger partial charge in [0.2, 0.25) is 0 Å². The quantitative estimate of drug-likeness (QED) is 0.615. The molecule has 0 N–H and O–H groups in total. The summed E-state index contributed by atoms with van der Waals surface area (Å²) in [6.07, 6.45) is 1.33. The van der Waals surface area contributed by atoms with Gasteiger partial charge < -0.3 is 9.26 Å². The Bertz CT molecular complexity index is 302. The van der Waals surface area contributed by atoms with Gasteiger partial charge in [0, 0.05) is 0 Å². The van der Waals surface area contributed by atoms with E-state index >= 15 is 0 Å². The fourth-order valence-electron chi connectivity index (χ4n) is 0.961. The van der Waals surface area contributed by atoms with Gasteiger partial charge >= 0.3 is 5.89 Å². The van der Waals surface area contributed by atoms with Crippen molar-refractivity contribution in [1.82, 2.24) is 10.1 Å². The molecule has 1 aliphatic heterocycles. The predicted octanol–water partition coefficient (Wildman–Crippen LogP) is 0.625. The first-order chi connectivity index (χ1) is 5.67. The Hall–Kier alpha value is -1.39. The van der Waals surface area contributed by atoms with Crippen LogP contribution in [0.1, 0.15) is 19.7 Å². The molecule has 0 bridgehead atoms. The molecule has 64 valence electrons. The van der Waals surface area contributed by atoms with Gasteiger partial charge in [0.05, 0.1) is 5.54 Å². The van der Waals surface area contributed by atoms with E-state index in [9.17, 15) is 0 Å². The Morgan fingerprint density at radius 1 is 1.50 bits per heavy atom. The van der Waals surface area contributed by atoms with Gasteiger partial charge in [-0.2, -0.15) is 4.98 Å². The highest BCUT2D eigenvalue weighted by Gasteiger charge is 2.29. The Morgan fingerprint density at radius 3 is 2.83 bits per heavy atom. The summed E-state index contributed by atoms with van der Waals surface area (Å²) in [5.74, 6) is 0.790. The first-order valence-corrected chi connectivity index (χ1v) is 3.67. The number of hydrogen-bond donors (Lipinski definition) is 0. The fraction of sp³-hybridized carbons (Fsp3) is 0.571. The van der Waals surface area contributed by atoms with Crippen LogP contribution in [-0.4, -0.2) is 28.2 Å². The topological polar surface area (TPSA) is 60.5 Å². The second kappa shape index (κ2) is 2.30. The Morgan fingerprint density at radius 2 is 2.33 bits per heavy atom. The van der Waals surface area contributed by atoms with E-state index in [2.05, 4.69) is 15.1 Å². The van der Waals surface area contributed by atoms with E-state index in [1.807, 2.05) is 13.8 Å². The van der Waals surface area contributed by atoms with Crippen LogP contribution < -0.4 is 0 Å². The van der Waals surface area contributed by atoms with E-state index in [0.29, 0.717) is 18.4 Å². The average Bonchev–Trinajstić information content (AvgIpc) is 2.55. The van der Waals surface area contributed by atoms with Crippen molar-refractivity contribution in [3.05, 3.63) is 12.2 Å². The molecule has 5 heteroatoms. The summed E-state index contributed by atoms with van der Waals surface area (Å²) in [7, 11) is 0.